The molecule has 1 amide bonds. The first-order chi connectivity index (χ1) is 7.51. The Morgan fingerprint density at radius 2 is 2.00 bits per heavy atom. The van der Waals surface area contributed by atoms with Gasteiger partial charge in [-0.3, -0.25) is 4.79 Å². The van der Waals surface area contributed by atoms with Crippen molar-refractivity contribution >= 4 is 11.9 Å². The van der Waals surface area contributed by atoms with Crippen molar-refractivity contribution in [2.45, 2.75) is 46.0 Å². The second-order valence-electron chi connectivity index (χ2n) is 4.00. The van der Waals surface area contributed by atoms with Gasteiger partial charge in [-0.25, -0.2) is 4.79 Å². The molecule has 4 heteroatoms. The van der Waals surface area contributed by atoms with E-state index in [4.69, 9.17) is 10.8 Å². The maximum absolute atomic E-state index is 10.9. The van der Waals surface area contributed by atoms with Crippen LogP contribution < -0.4 is 5.73 Å². The second kappa shape index (κ2) is 7.91. The smallest absolute Gasteiger partial charge is 0.331 e. The second-order valence-corrected chi connectivity index (χ2v) is 4.00. The first-order valence-electron chi connectivity index (χ1n) is 5.74. The van der Waals surface area contributed by atoms with Gasteiger partial charge in [0.1, 0.15) is 0 Å². The van der Waals surface area contributed by atoms with Crippen molar-refractivity contribution in [1.82, 2.24) is 0 Å². The summed E-state index contributed by atoms with van der Waals surface area (Å²) in [6.07, 6.45) is 5.55. The van der Waals surface area contributed by atoms with Gasteiger partial charge < -0.3 is 10.8 Å². The van der Waals surface area contributed by atoms with Crippen LogP contribution in [0.4, 0.5) is 0 Å². The van der Waals surface area contributed by atoms with Gasteiger partial charge in [0, 0.05) is 11.6 Å². The predicted molar refractivity (Wildman–Crippen MR) is 62.8 cm³/mol. The Kier molecular flexibility index (Phi) is 7.25. The summed E-state index contributed by atoms with van der Waals surface area (Å²) in [5.74, 6) is -1.42. The van der Waals surface area contributed by atoms with E-state index in [0.717, 1.165) is 31.8 Å². The molecule has 0 bridgehead atoms. The van der Waals surface area contributed by atoms with Crippen LogP contribution in [-0.2, 0) is 9.59 Å². The van der Waals surface area contributed by atoms with Crippen LogP contribution in [0.3, 0.4) is 0 Å². The molecule has 0 heterocycles. The maximum Gasteiger partial charge on any atom is 0.331 e. The zero-order valence-corrected chi connectivity index (χ0v) is 10.0. The minimum Gasteiger partial charge on any atom is -0.478 e. The molecule has 0 saturated heterocycles. The lowest BCUT2D eigenvalue weighted by Gasteiger charge is -2.14. The number of amides is 1. The van der Waals surface area contributed by atoms with Crippen LogP contribution in [-0.4, -0.2) is 17.0 Å². The summed E-state index contributed by atoms with van der Waals surface area (Å²) in [7, 11) is 0. The number of carboxylic acid groups (broad SMARTS) is 1. The highest BCUT2D eigenvalue weighted by atomic mass is 16.4. The zero-order chi connectivity index (χ0) is 12.6. The standard InChI is InChI=1S/C12H21NO3/c1-3-5-6-9(4-2)7-10(12(15)16)8-11(13)14/h8-9H,3-7H2,1-2H3,(H2,13,14)(H,15,16)/b10-8-. The van der Waals surface area contributed by atoms with Crippen molar-refractivity contribution in [2.75, 3.05) is 0 Å². The molecule has 0 spiro atoms. The van der Waals surface area contributed by atoms with Crippen molar-refractivity contribution in [1.29, 1.82) is 0 Å². The van der Waals surface area contributed by atoms with Gasteiger partial charge in [0.25, 0.3) is 0 Å². The Morgan fingerprint density at radius 3 is 2.38 bits per heavy atom. The van der Waals surface area contributed by atoms with Gasteiger partial charge in [0.05, 0.1) is 0 Å². The molecular weight excluding hydrogens is 206 g/mol. The van der Waals surface area contributed by atoms with Crippen LogP contribution >= 0.6 is 0 Å². The first-order valence-corrected chi connectivity index (χ1v) is 5.74. The summed E-state index contributed by atoms with van der Waals surface area (Å²) in [6.45, 7) is 4.13. The fourth-order valence-electron chi connectivity index (χ4n) is 1.63. The van der Waals surface area contributed by atoms with E-state index in [1.54, 1.807) is 0 Å². The zero-order valence-electron chi connectivity index (χ0n) is 10.0. The molecule has 1 atom stereocenters. The highest BCUT2D eigenvalue weighted by molar-refractivity contribution is 5.96. The lowest BCUT2D eigenvalue weighted by Crippen LogP contribution is -2.13. The summed E-state index contributed by atoms with van der Waals surface area (Å²) >= 11 is 0. The molecule has 0 aliphatic carbocycles. The fraction of sp³-hybridized carbons (Fsp3) is 0.667. The molecule has 0 aromatic rings. The molecule has 3 N–H and O–H groups in total. The normalized spacial score (nSPS) is 13.5. The summed E-state index contributed by atoms with van der Waals surface area (Å²) in [6, 6.07) is 0. The van der Waals surface area contributed by atoms with Crippen molar-refractivity contribution in [2.24, 2.45) is 11.7 Å². The quantitative estimate of drug-likeness (QED) is 0.623. The third kappa shape index (κ3) is 6.22. The predicted octanol–water partition coefficient (Wildman–Crippen LogP) is 2.09. The summed E-state index contributed by atoms with van der Waals surface area (Å²) in [4.78, 5) is 21.6. The Morgan fingerprint density at radius 1 is 1.38 bits per heavy atom. The number of aliphatic carboxylic acids is 1. The van der Waals surface area contributed by atoms with Crippen molar-refractivity contribution in [3.05, 3.63) is 11.6 Å². The molecule has 0 aromatic carbocycles. The Labute approximate surface area is 96.5 Å². The van der Waals surface area contributed by atoms with Gasteiger partial charge in [0.2, 0.25) is 5.91 Å². The van der Waals surface area contributed by atoms with Crippen LogP contribution in [0.25, 0.3) is 0 Å². The molecule has 0 aliphatic heterocycles. The molecule has 0 rings (SSSR count). The number of carbonyl (C=O) groups is 2. The average Bonchev–Trinajstić information content (AvgIpc) is 2.21. The number of carbonyl (C=O) groups excluding carboxylic acids is 1. The number of nitrogens with two attached hydrogens (primary N) is 1. The molecule has 4 nitrogen and oxygen atoms in total. The van der Waals surface area contributed by atoms with Gasteiger partial charge in [-0.15, -0.1) is 0 Å². The van der Waals surface area contributed by atoms with E-state index >= 15 is 0 Å². The Balaban J connectivity index is 4.47. The van der Waals surface area contributed by atoms with Gasteiger partial charge in [-0.05, 0) is 12.3 Å². The molecule has 16 heavy (non-hydrogen) atoms. The number of primary amides is 1. The fourth-order valence-corrected chi connectivity index (χ4v) is 1.63. The minimum atomic E-state index is -1.05. The third-order valence-corrected chi connectivity index (χ3v) is 2.64. The molecule has 1 unspecified atom stereocenters. The number of unbranched alkanes of at least 4 members (excludes halogenated alkanes) is 1. The van der Waals surface area contributed by atoms with E-state index in [2.05, 4.69) is 6.92 Å². The molecule has 0 saturated carbocycles. The van der Waals surface area contributed by atoms with Crippen LogP contribution in [0.5, 0.6) is 0 Å². The van der Waals surface area contributed by atoms with E-state index in [1.165, 1.54) is 0 Å². The van der Waals surface area contributed by atoms with E-state index in [9.17, 15) is 9.59 Å². The highest BCUT2D eigenvalue weighted by Gasteiger charge is 2.15. The molecule has 92 valence electrons. The van der Waals surface area contributed by atoms with Crippen molar-refractivity contribution < 1.29 is 14.7 Å². The van der Waals surface area contributed by atoms with E-state index in [1.807, 2.05) is 6.92 Å². The van der Waals surface area contributed by atoms with Crippen molar-refractivity contribution in [3.8, 4) is 0 Å². The minimum absolute atomic E-state index is 0.121. The number of hydrogen-bond acceptors (Lipinski definition) is 2. The van der Waals surface area contributed by atoms with Gasteiger partial charge >= 0.3 is 5.97 Å². The average molecular weight is 227 g/mol. The van der Waals surface area contributed by atoms with E-state index in [-0.39, 0.29) is 5.57 Å². The monoisotopic (exact) mass is 227 g/mol. The molecular formula is C12H21NO3. The topological polar surface area (TPSA) is 80.4 Å². The van der Waals surface area contributed by atoms with Gasteiger partial charge in [-0.1, -0.05) is 39.5 Å². The first kappa shape index (κ1) is 14.7. The molecule has 0 fully saturated rings. The number of carboxylic acids is 1. The van der Waals surface area contributed by atoms with Crippen LogP contribution in [0, 0.1) is 5.92 Å². The highest BCUT2D eigenvalue weighted by Crippen LogP contribution is 2.21. The number of rotatable bonds is 8. The molecule has 0 radical (unpaired) electrons. The lowest BCUT2D eigenvalue weighted by molar-refractivity contribution is -0.133. The summed E-state index contributed by atoms with van der Waals surface area (Å²) in [5.41, 5.74) is 5.09. The summed E-state index contributed by atoms with van der Waals surface area (Å²) in [5, 5.41) is 8.92. The third-order valence-electron chi connectivity index (χ3n) is 2.64. The lowest BCUT2D eigenvalue weighted by atomic mass is 9.91. The van der Waals surface area contributed by atoms with E-state index < -0.39 is 11.9 Å². The Hall–Kier alpha value is -1.32. The summed E-state index contributed by atoms with van der Waals surface area (Å²) < 4.78 is 0. The van der Waals surface area contributed by atoms with Gasteiger partial charge in [-0.2, -0.15) is 0 Å². The van der Waals surface area contributed by atoms with Crippen molar-refractivity contribution in [3.63, 3.8) is 0 Å². The molecule has 0 aromatic heterocycles. The van der Waals surface area contributed by atoms with Crippen LogP contribution in [0.15, 0.2) is 11.6 Å². The largest absolute Gasteiger partial charge is 0.478 e. The van der Waals surface area contributed by atoms with E-state index in [0.29, 0.717) is 12.3 Å². The van der Waals surface area contributed by atoms with Crippen LogP contribution in [0.2, 0.25) is 0 Å². The Bertz CT molecular complexity index is 271. The number of hydrogen-bond donors (Lipinski definition) is 2. The maximum atomic E-state index is 10.9. The van der Waals surface area contributed by atoms with Gasteiger partial charge in [0.15, 0.2) is 0 Å². The SMILES string of the molecule is CCCCC(CC)C/C(=C/C(N)=O)C(=O)O. The molecule has 0 aliphatic rings. The van der Waals surface area contributed by atoms with Crippen LogP contribution in [0.1, 0.15) is 46.0 Å².